The second-order valence-electron chi connectivity index (χ2n) is 8.16. The summed E-state index contributed by atoms with van der Waals surface area (Å²) in [6, 6.07) is 8.48. The fourth-order valence-electron chi connectivity index (χ4n) is 4.08. The summed E-state index contributed by atoms with van der Waals surface area (Å²) >= 11 is 13.3. The number of carbonyl (C=O) groups is 3. The third kappa shape index (κ3) is 4.82. The molecule has 192 valence electrons. The molecule has 1 aliphatic heterocycles. The molecule has 0 bridgehead atoms. The Kier molecular flexibility index (Phi) is 7.59. The zero-order chi connectivity index (χ0) is 27.0. The van der Waals surface area contributed by atoms with Gasteiger partial charge in [0.25, 0.3) is 5.78 Å². The first-order valence-corrected chi connectivity index (χ1v) is 12.7. The van der Waals surface area contributed by atoms with Crippen LogP contribution >= 0.6 is 34.5 Å². The summed E-state index contributed by atoms with van der Waals surface area (Å²) in [5.41, 5.74) is 1.66. The van der Waals surface area contributed by atoms with Crippen LogP contribution in [0.25, 0.3) is 5.76 Å². The molecule has 37 heavy (non-hydrogen) atoms. The lowest BCUT2D eigenvalue weighted by atomic mass is 9.95. The largest absolute Gasteiger partial charge is 0.507 e. The van der Waals surface area contributed by atoms with Gasteiger partial charge in [-0.1, -0.05) is 40.6 Å². The number of methoxy groups -OCH3 is 1. The number of anilines is 1. The van der Waals surface area contributed by atoms with E-state index in [2.05, 4.69) is 4.98 Å². The van der Waals surface area contributed by atoms with Gasteiger partial charge in [0.2, 0.25) is 0 Å². The van der Waals surface area contributed by atoms with Crippen molar-refractivity contribution in [2.75, 3.05) is 18.6 Å². The van der Waals surface area contributed by atoms with E-state index in [1.54, 1.807) is 45.0 Å². The number of hydrogen-bond donors (Lipinski definition) is 1. The predicted molar refractivity (Wildman–Crippen MR) is 142 cm³/mol. The van der Waals surface area contributed by atoms with Crippen LogP contribution in [-0.4, -0.2) is 41.5 Å². The summed E-state index contributed by atoms with van der Waals surface area (Å²) in [6.07, 6.45) is 0. The average molecular weight is 561 g/mol. The Morgan fingerprint density at radius 1 is 1.14 bits per heavy atom. The Morgan fingerprint density at radius 3 is 2.49 bits per heavy atom. The monoisotopic (exact) mass is 560 g/mol. The lowest BCUT2D eigenvalue weighted by Crippen LogP contribution is -2.29. The molecule has 1 aromatic heterocycles. The molecule has 0 radical (unpaired) electrons. The summed E-state index contributed by atoms with van der Waals surface area (Å²) in [4.78, 5) is 44.9. The van der Waals surface area contributed by atoms with E-state index in [0.717, 1.165) is 21.8 Å². The van der Waals surface area contributed by atoms with Gasteiger partial charge in [-0.25, -0.2) is 9.78 Å². The molecular formula is C26H22Cl2N2O6S. The van der Waals surface area contributed by atoms with Crippen molar-refractivity contribution in [2.45, 2.75) is 26.8 Å². The van der Waals surface area contributed by atoms with Crippen molar-refractivity contribution in [3.05, 3.63) is 79.3 Å². The van der Waals surface area contributed by atoms with Crippen molar-refractivity contribution in [2.24, 2.45) is 0 Å². The number of aliphatic hydroxyl groups is 1. The minimum atomic E-state index is -1.09. The summed E-state index contributed by atoms with van der Waals surface area (Å²) < 4.78 is 10.4. The first-order chi connectivity index (χ1) is 17.6. The van der Waals surface area contributed by atoms with Crippen LogP contribution in [0.3, 0.4) is 0 Å². The number of ether oxygens (including phenoxy) is 2. The molecule has 3 aromatic rings. The second-order valence-corrected chi connectivity index (χ2v) is 9.95. The van der Waals surface area contributed by atoms with Crippen LogP contribution in [0.2, 0.25) is 10.0 Å². The highest BCUT2D eigenvalue weighted by Gasteiger charge is 2.48. The number of rotatable bonds is 6. The number of hydrogen-bond acceptors (Lipinski definition) is 8. The molecule has 1 N–H and O–H groups in total. The van der Waals surface area contributed by atoms with Crippen molar-refractivity contribution in [3.8, 4) is 5.75 Å². The van der Waals surface area contributed by atoms with Gasteiger partial charge in [-0.3, -0.25) is 14.5 Å². The van der Waals surface area contributed by atoms with Crippen LogP contribution in [0.4, 0.5) is 5.13 Å². The molecule has 1 saturated heterocycles. The maximum Gasteiger partial charge on any atom is 0.350 e. The van der Waals surface area contributed by atoms with Crippen molar-refractivity contribution < 1.29 is 29.0 Å². The van der Waals surface area contributed by atoms with Gasteiger partial charge in [-0.15, -0.1) is 0 Å². The average Bonchev–Trinajstić information content (AvgIpc) is 3.37. The summed E-state index contributed by atoms with van der Waals surface area (Å²) in [5.74, 6) is -2.18. The quantitative estimate of drug-likeness (QED) is 0.173. The highest BCUT2D eigenvalue weighted by atomic mass is 35.5. The smallest absolute Gasteiger partial charge is 0.350 e. The molecule has 1 aliphatic rings. The Balaban J connectivity index is 1.93. The van der Waals surface area contributed by atoms with Crippen LogP contribution in [0.15, 0.2) is 42.0 Å². The van der Waals surface area contributed by atoms with Crippen molar-refractivity contribution in [1.29, 1.82) is 0 Å². The Hall–Kier alpha value is -3.40. The van der Waals surface area contributed by atoms with Gasteiger partial charge in [0.15, 0.2) is 5.13 Å². The van der Waals surface area contributed by atoms with Crippen molar-refractivity contribution in [3.63, 3.8) is 0 Å². The molecule has 2 heterocycles. The normalized spacial score (nSPS) is 16.8. The SMILES string of the molecule is CCOC(=O)c1sc(N2C(=O)C(=O)C(=C(O)c3ccc(OC)c(C)c3)[C@@H]2c2ccc(Cl)c(Cl)c2)nc1C. The fraction of sp³-hybridized carbons (Fsp3) is 0.231. The first kappa shape index (κ1) is 26.7. The van der Waals surface area contributed by atoms with E-state index in [1.165, 1.54) is 19.2 Å². The Labute approximate surface area is 227 Å². The van der Waals surface area contributed by atoms with Gasteiger partial charge < -0.3 is 14.6 Å². The van der Waals surface area contributed by atoms with Gasteiger partial charge >= 0.3 is 11.9 Å². The Bertz CT molecular complexity index is 1470. The van der Waals surface area contributed by atoms with Crippen molar-refractivity contribution >= 4 is 63.1 Å². The van der Waals surface area contributed by atoms with E-state index in [4.69, 9.17) is 32.7 Å². The maximum absolute atomic E-state index is 13.4. The minimum absolute atomic E-state index is 0.101. The van der Waals surface area contributed by atoms with Crippen LogP contribution < -0.4 is 9.64 Å². The van der Waals surface area contributed by atoms with E-state index in [0.29, 0.717) is 22.6 Å². The van der Waals surface area contributed by atoms with Gasteiger partial charge in [-0.05, 0) is 62.2 Å². The fourth-order valence-corrected chi connectivity index (χ4v) is 5.37. The molecule has 1 fully saturated rings. The maximum atomic E-state index is 13.4. The van der Waals surface area contributed by atoms with Crippen LogP contribution in [0.5, 0.6) is 5.75 Å². The predicted octanol–water partition coefficient (Wildman–Crippen LogP) is 5.88. The van der Waals surface area contributed by atoms with Crippen LogP contribution in [0.1, 0.15) is 45.0 Å². The molecule has 2 aromatic carbocycles. The number of nitrogens with zero attached hydrogens (tertiary/aromatic N) is 2. The number of aromatic nitrogens is 1. The lowest BCUT2D eigenvalue weighted by molar-refractivity contribution is -0.132. The standard InChI is InChI=1S/C26H22Cl2N2O6S/c1-5-36-25(34)23-13(3)29-26(37-23)30-20(14-6-8-16(27)17(28)11-14)19(22(32)24(30)33)21(31)15-7-9-18(35-4)12(2)10-15/h6-11,20,31H,5H2,1-4H3/t20-/m0/s1. The number of halogens is 2. The molecule has 1 amide bonds. The zero-order valence-electron chi connectivity index (χ0n) is 20.3. The molecule has 4 rings (SSSR count). The number of esters is 1. The van der Waals surface area contributed by atoms with Gasteiger partial charge in [0.05, 0.1) is 41.1 Å². The van der Waals surface area contributed by atoms with Gasteiger partial charge in [0, 0.05) is 5.56 Å². The third-order valence-electron chi connectivity index (χ3n) is 5.82. The van der Waals surface area contributed by atoms with Crippen LogP contribution in [-0.2, 0) is 14.3 Å². The second kappa shape index (κ2) is 10.5. The summed E-state index contributed by atoms with van der Waals surface area (Å²) in [5, 5.41) is 11.9. The molecule has 8 nitrogen and oxygen atoms in total. The van der Waals surface area contributed by atoms with E-state index in [1.807, 2.05) is 0 Å². The lowest BCUT2D eigenvalue weighted by Gasteiger charge is -2.23. The highest BCUT2D eigenvalue weighted by molar-refractivity contribution is 7.17. The van der Waals surface area contributed by atoms with E-state index >= 15 is 0 Å². The van der Waals surface area contributed by atoms with E-state index < -0.39 is 23.7 Å². The molecule has 0 saturated carbocycles. The number of thiazole rings is 1. The Morgan fingerprint density at radius 2 is 1.86 bits per heavy atom. The molecule has 0 spiro atoms. The minimum Gasteiger partial charge on any atom is -0.507 e. The van der Waals surface area contributed by atoms with Crippen LogP contribution in [0, 0.1) is 13.8 Å². The number of Topliss-reactive ketones (excluding diaryl/α,β-unsaturated/α-hetero) is 1. The molecule has 0 aliphatic carbocycles. The molecular weight excluding hydrogens is 539 g/mol. The molecule has 0 unspecified atom stereocenters. The van der Waals surface area contributed by atoms with Crippen molar-refractivity contribution in [1.82, 2.24) is 4.98 Å². The number of carbonyl (C=O) groups excluding carboxylic acids is 3. The molecule has 11 heteroatoms. The van der Waals surface area contributed by atoms with E-state index in [-0.39, 0.29) is 38.0 Å². The zero-order valence-corrected chi connectivity index (χ0v) is 22.6. The summed E-state index contributed by atoms with van der Waals surface area (Å²) in [6.45, 7) is 5.25. The van der Waals surface area contributed by atoms with E-state index in [9.17, 15) is 19.5 Å². The molecule has 1 atom stereocenters. The number of aliphatic hydroxyl groups excluding tert-OH is 1. The third-order valence-corrected chi connectivity index (χ3v) is 7.70. The number of ketones is 1. The summed E-state index contributed by atoms with van der Waals surface area (Å²) in [7, 11) is 1.53. The number of benzene rings is 2. The first-order valence-electron chi connectivity index (χ1n) is 11.1. The van der Waals surface area contributed by atoms with Gasteiger partial charge in [-0.2, -0.15) is 0 Å². The number of amides is 1. The number of aryl methyl sites for hydroxylation is 2. The topological polar surface area (TPSA) is 106 Å². The van der Waals surface area contributed by atoms with Gasteiger partial charge in [0.1, 0.15) is 16.4 Å². The highest BCUT2D eigenvalue weighted by Crippen LogP contribution is 2.45.